The number of amides is 1. The van der Waals surface area contributed by atoms with Gasteiger partial charge in [0.25, 0.3) is 0 Å². The van der Waals surface area contributed by atoms with E-state index in [0.29, 0.717) is 24.7 Å². The molecule has 1 atom stereocenters. The number of unbranched alkanes of at least 4 members (excludes halogenated alkanes) is 1. The van der Waals surface area contributed by atoms with Crippen molar-refractivity contribution in [2.45, 2.75) is 96.4 Å². The Bertz CT molecular complexity index is 334. The topological polar surface area (TPSA) is 59.6 Å². The molecule has 0 heterocycles. The molecule has 23 heavy (non-hydrogen) atoms. The first-order valence-corrected chi connectivity index (χ1v) is 9.09. The maximum atomic E-state index is 11.8. The lowest BCUT2D eigenvalue weighted by Crippen LogP contribution is -2.47. The Morgan fingerprint density at radius 3 is 2.39 bits per heavy atom. The van der Waals surface area contributed by atoms with Crippen LogP contribution in [0.2, 0.25) is 0 Å². The van der Waals surface area contributed by atoms with Gasteiger partial charge in [-0.2, -0.15) is 0 Å². The average Bonchev–Trinajstić information content (AvgIpc) is 2.49. The summed E-state index contributed by atoms with van der Waals surface area (Å²) >= 11 is 0. The van der Waals surface area contributed by atoms with Crippen LogP contribution >= 0.6 is 0 Å². The second kappa shape index (κ2) is 10.1. The number of carbonyl (C=O) groups excluding carboxylic acids is 1. The fraction of sp³-hybridized carbons (Fsp3) is 0.944. The minimum absolute atomic E-state index is 0.312. The van der Waals surface area contributed by atoms with E-state index in [0.717, 1.165) is 32.1 Å². The Balaban J connectivity index is 2.38. The SMILES string of the molecule is CCCCC(CNC(=O)OC(C)(C)C)NC1CCC(OC)CC1. The molecule has 1 unspecified atom stereocenters. The molecule has 0 aromatic carbocycles. The third-order valence-corrected chi connectivity index (χ3v) is 4.28. The molecular weight excluding hydrogens is 292 g/mol. The number of ether oxygens (including phenoxy) is 2. The third kappa shape index (κ3) is 9.16. The molecule has 2 N–H and O–H groups in total. The summed E-state index contributed by atoms with van der Waals surface area (Å²) in [4.78, 5) is 11.8. The molecule has 0 aromatic heterocycles. The van der Waals surface area contributed by atoms with Gasteiger partial charge in [0.1, 0.15) is 5.60 Å². The van der Waals surface area contributed by atoms with Crippen molar-refractivity contribution in [1.29, 1.82) is 0 Å². The smallest absolute Gasteiger partial charge is 0.407 e. The summed E-state index contributed by atoms with van der Waals surface area (Å²) in [5.74, 6) is 0. The summed E-state index contributed by atoms with van der Waals surface area (Å²) < 4.78 is 10.8. The highest BCUT2D eigenvalue weighted by Gasteiger charge is 2.23. The van der Waals surface area contributed by atoms with Gasteiger partial charge in [0.2, 0.25) is 0 Å². The number of alkyl carbamates (subject to hydrolysis) is 1. The van der Waals surface area contributed by atoms with E-state index in [1.807, 2.05) is 20.8 Å². The quantitative estimate of drug-likeness (QED) is 0.714. The molecule has 0 spiro atoms. The molecule has 5 nitrogen and oxygen atoms in total. The predicted molar refractivity (Wildman–Crippen MR) is 93.7 cm³/mol. The molecule has 1 saturated carbocycles. The lowest BCUT2D eigenvalue weighted by Gasteiger charge is -2.32. The van der Waals surface area contributed by atoms with Crippen LogP contribution in [0.5, 0.6) is 0 Å². The van der Waals surface area contributed by atoms with Crippen LogP contribution in [0.25, 0.3) is 0 Å². The van der Waals surface area contributed by atoms with Gasteiger partial charge in [-0.3, -0.25) is 0 Å². The molecule has 1 rings (SSSR count). The van der Waals surface area contributed by atoms with Gasteiger partial charge in [-0.15, -0.1) is 0 Å². The number of nitrogens with one attached hydrogen (secondary N) is 2. The Morgan fingerprint density at radius 2 is 1.87 bits per heavy atom. The summed E-state index contributed by atoms with van der Waals surface area (Å²) in [6.45, 7) is 8.47. The third-order valence-electron chi connectivity index (χ3n) is 4.28. The lowest BCUT2D eigenvalue weighted by atomic mass is 9.92. The van der Waals surface area contributed by atoms with Crippen molar-refractivity contribution in [1.82, 2.24) is 10.6 Å². The zero-order valence-electron chi connectivity index (χ0n) is 15.6. The molecule has 1 amide bonds. The first-order chi connectivity index (χ1) is 10.8. The van der Waals surface area contributed by atoms with Crippen LogP contribution in [0.15, 0.2) is 0 Å². The van der Waals surface area contributed by atoms with Crippen LogP contribution in [-0.4, -0.2) is 43.5 Å². The van der Waals surface area contributed by atoms with Crippen molar-refractivity contribution < 1.29 is 14.3 Å². The van der Waals surface area contributed by atoms with Crippen LogP contribution in [0.1, 0.15) is 72.6 Å². The van der Waals surface area contributed by atoms with E-state index in [4.69, 9.17) is 9.47 Å². The van der Waals surface area contributed by atoms with Gasteiger partial charge in [0.05, 0.1) is 6.10 Å². The average molecular weight is 328 g/mol. The van der Waals surface area contributed by atoms with Gasteiger partial charge >= 0.3 is 6.09 Å². The van der Waals surface area contributed by atoms with Crippen molar-refractivity contribution in [2.24, 2.45) is 0 Å². The van der Waals surface area contributed by atoms with Gasteiger partial charge in [0.15, 0.2) is 0 Å². The molecule has 0 aromatic rings. The molecule has 0 bridgehead atoms. The van der Waals surface area contributed by atoms with Gasteiger partial charge in [-0.1, -0.05) is 19.8 Å². The van der Waals surface area contributed by atoms with Crippen molar-refractivity contribution in [2.75, 3.05) is 13.7 Å². The van der Waals surface area contributed by atoms with E-state index in [2.05, 4.69) is 17.6 Å². The molecule has 0 saturated heterocycles. The standard InChI is InChI=1S/C18H36N2O3/c1-6-7-8-15(13-19-17(21)23-18(2,3)4)20-14-9-11-16(22-5)12-10-14/h14-16,20H,6-13H2,1-5H3,(H,19,21). The van der Waals surface area contributed by atoms with Crippen LogP contribution in [0, 0.1) is 0 Å². The number of rotatable bonds is 8. The second-order valence-corrected chi connectivity index (χ2v) is 7.60. The van der Waals surface area contributed by atoms with Crippen LogP contribution in [0.4, 0.5) is 4.79 Å². The van der Waals surface area contributed by atoms with Crippen molar-refractivity contribution in [3.63, 3.8) is 0 Å². The minimum atomic E-state index is -0.449. The van der Waals surface area contributed by atoms with E-state index in [9.17, 15) is 4.79 Å². The molecule has 0 aliphatic heterocycles. The maximum absolute atomic E-state index is 11.8. The number of hydrogen-bond acceptors (Lipinski definition) is 4. The number of carbonyl (C=O) groups is 1. The minimum Gasteiger partial charge on any atom is -0.444 e. The van der Waals surface area contributed by atoms with Gasteiger partial charge in [-0.25, -0.2) is 4.79 Å². The van der Waals surface area contributed by atoms with Crippen LogP contribution in [-0.2, 0) is 9.47 Å². The zero-order chi connectivity index (χ0) is 17.3. The summed E-state index contributed by atoms with van der Waals surface area (Å²) in [5.41, 5.74) is -0.449. The Labute approximate surface area is 141 Å². The van der Waals surface area contributed by atoms with E-state index in [-0.39, 0.29) is 6.09 Å². The van der Waals surface area contributed by atoms with Crippen LogP contribution < -0.4 is 10.6 Å². The van der Waals surface area contributed by atoms with Gasteiger partial charge < -0.3 is 20.1 Å². The van der Waals surface area contributed by atoms with Crippen LogP contribution in [0.3, 0.4) is 0 Å². The van der Waals surface area contributed by atoms with E-state index in [1.165, 1.54) is 12.8 Å². The Kier molecular flexibility index (Phi) is 8.92. The first kappa shape index (κ1) is 20.2. The molecule has 1 fully saturated rings. The Hall–Kier alpha value is -0.810. The molecule has 1 aliphatic carbocycles. The normalized spacial score (nSPS) is 23.3. The Morgan fingerprint density at radius 1 is 1.22 bits per heavy atom. The first-order valence-electron chi connectivity index (χ1n) is 9.09. The highest BCUT2D eigenvalue weighted by Crippen LogP contribution is 2.21. The van der Waals surface area contributed by atoms with E-state index >= 15 is 0 Å². The molecule has 1 aliphatic rings. The number of hydrogen-bond donors (Lipinski definition) is 2. The second-order valence-electron chi connectivity index (χ2n) is 7.60. The van der Waals surface area contributed by atoms with Gasteiger partial charge in [-0.05, 0) is 52.9 Å². The molecular formula is C18H36N2O3. The molecule has 136 valence electrons. The van der Waals surface area contributed by atoms with Crippen molar-refractivity contribution in [3.05, 3.63) is 0 Å². The molecule has 0 radical (unpaired) electrons. The molecule has 5 heteroatoms. The summed E-state index contributed by atoms with van der Waals surface area (Å²) in [6, 6.07) is 0.843. The van der Waals surface area contributed by atoms with Gasteiger partial charge in [0, 0.05) is 25.7 Å². The lowest BCUT2D eigenvalue weighted by molar-refractivity contribution is 0.0512. The largest absolute Gasteiger partial charge is 0.444 e. The zero-order valence-corrected chi connectivity index (χ0v) is 15.6. The maximum Gasteiger partial charge on any atom is 0.407 e. The monoisotopic (exact) mass is 328 g/mol. The van der Waals surface area contributed by atoms with E-state index in [1.54, 1.807) is 7.11 Å². The fourth-order valence-electron chi connectivity index (χ4n) is 3.01. The fourth-order valence-corrected chi connectivity index (χ4v) is 3.01. The number of methoxy groups -OCH3 is 1. The summed E-state index contributed by atoms with van der Waals surface area (Å²) in [7, 11) is 1.80. The summed E-state index contributed by atoms with van der Waals surface area (Å²) in [6.07, 6.45) is 8.04. The highest BCUT2D eigenvalue weighted by molar-refractivity contribution is 5.67. The highest BCUT2D eigenvalue weighted by atomic mass is 16.6. The van der Waals surface area contributed by atoms with Crippen molar-refractivity contribution in [3.8, 4) is 0 Å². The summed E-state index contributed by atoms with van der Waals surface area (Å²) in [5, 5.41) is 6.64. The predicted octanol–water partition coefficient (Wildman–Crippen LogP) is 3.62. The van der Waals surface area contributed by atoms with E-state index < -0.39 is 5.60 Å². The van der Waals surface area contributed by atoms with Crippen molar-refractivity contribution >= 4 is 6.09 Å².